The Labute approximate surface area is 286 Å². The third-order valence-electron chi connectivity index (χ3n) is 5.28. The van der Waals surface area contributed by atoms with Crippen LogP contribution in [0.3, 0.4) is 0 Å². The molecule has 32 heavy (non-hydrogen) atoms. The van der Waals surface area contributed by atoms with Crippen molar-refractivity contribution >= 4 is 10.4 Å². The first-order valence-corrected chi connectivity index (χ1v) is 14.0. The molecule has 0 aliphatic carbocycles. The van der Waals surface area contributed by atoms with Crippen molar-refractivity contribution < 1.29 is 125 Å². The Morgan fingerprint density at radius 3 is 0.875 bits per heavy atom. The van der Waals surface area contributed by atoms with Gasteiger partial charge < -0.3 is 13.8 Å². The molecular weight excluding hydrogens is 479 g/mol. The molecule has 0 aliphatic heterocycles. The van der Waals surface area contributed by atoms with Crippen LogP contribution in [-0.4, -0.2) is 30.7 Å². The van der Waals surface area contributed by atoms with Gasteiger partial charge in [0.05, 0.1) is 0 Å². The van der Waals surface area contributed by atoms with Crippen molar-refractivity contribution in [1.29, 1.82) is 0 Å². The minimum Gasteiger partial charge on any atom is -0.759 e. The van der Waals surface area contributed by atoms with Crippen LogP contribution in [0.1, 0.15) is 142 Å². The summed E-state index contributed by atoms with van der Waals surface area (Å²) in [5.74, 6) is 0. The molecule has 5 nitrogen and oxygen atoms in total. The molecule has 0 atom stereocenters. The second kappa shape index (κ2) is 36.3. The molecule has 0 radical (unpaired) electrons. The molecule has 0 saturated carbocycles. The summed E-state index contributed by atoms with van der Waals surface area (Å²) in [4.78, 5) is 0. The summed E-state index contributed by atoms with van der Waals surface area (Å²) in [5.41, 5.74) is 0. The number of ether oxygens (including phenoxy) is 1. The smallest absolute Gasteiger partial charge is 0.759 e. The van der Waals surface area contributed by atoms with Gasteiger partial charge in [0, 0.05) is 23.6 Å². The number of hydrogen-bond donors (Lipinski definition) is 0. The predicted molar refractivity (Wildman–Crippen MR) is 125 cm³/mol. The van der Waals surface area contributed by atoms with Crippen LogP contribution in [0.2, 0.25) is 0 Å². The van der Waals surface area contributed by atoms with Gasteiger partial charge in [0.1, 0.15) is 0 Å². The zero-order chi connectivity index (χ0) is 22.8. The van der Waals surface area contributed by atoms with Crippen LogP contribution in [0.25, 0.3) is 0 Å². The summed E-state index contributed by atoms with van der Waals surface area (Å²) in [6, 6.07) is 0. The van der Waals surface area contributed by atoms with Gasteiger partial charge in [-0.2, -0.15) is 0 Å². The molecule has 0 spiro atoms. The fraction of sp³-hybridized carbons (Fsp3) is 1.00. The molecule has 0 aliphatic rings. The predicted octanol–water partition coefficient (Wildman–Crippen LogP) is 1.51. The van der Waals surface area contributed by atoms with Crippen molar-refractivity contribution in [3.05, 3.63) is 0 Å². The Kier molecular flexibility index (Phi) is 47.8. The minimum absolute atomic E-state index is 0. The van der Waals surface area contributed by atoms with E-state index < -0.39 is 10.4 Å². The molecule has 0 heterocycles. The van der Waals surface area contributed by atoms with E-state index in [0.29, 0.717) is 0 Å². The third kappa shape index (κ3) is 54.1. The Morgan fingerprint density at radius 2 is 0.656 bits per heavy atom. The average molecular weight is 529 g/mol. The van der Waals surface area contributed by atoms with Gasteiger partial charge in [-0.05, 0) is 12.8 Å². The van der Waals surface area contributed by atoms with Gasteiger partial charge in [-0.3, -0.25) is 8.42 Å². The number of unbranched alkanes of at least 4 members (excludes halogenated alkanes) is 18. The zero-order valence-electron chi connectivity index (χ0n) is 22.0. The van der Waals surface area contributed by atoms with Gasteiger partial charge in [-0.15, -0.1) is 0 Å². The van der Waals surface area contributed by atoms with E-state index in [0.717, 1.165) is 13.2 Å². The van der Waals surface area contributed by atoms with Crippen LogP contribution in [0.4, 0.5) is 0 Å². The largest absolute Gasteiger partial charge is 1.00 e. The normalized spacial score (nSPS) is 10.6. The molecule has 0 unspecified atom stereocenters. The van der Waals surface area contributed by atoms with Crippen LogP contribution in [0, 0.1) is 0 Å². The molecule has 0 N–H and O–H groups in total. The van der Waals surface area contributed by atoms with Gasteiger partial charge in [-0.1, -0.05) is 129 Å². The summed E-state index contributed by atoms with van der Waals surface area (Å²) in [7, 11) is -5.17. The number of hydrogen-bond acceptors (Lipinski definition) is 5. The number of rotatable bonds is 22. The summed E-state index contributed by atoms with van der Waals surface area (Å²) < 4.78 is 39.9. The molecule has 184 valence electrons. The Hall–Kier alpha value is 3.10. The fourth-order valence-electron chi connectivity index (χ4n) is 3.49. The van der Waals surface area contributed by atoms with Gasteiger partial charge >= 0.3 is 103 Å². The Bertz CT molecular complexity index is 379. The molecular formula is C24H50K2O5S. The van der Waals surface area contributed by atoms with E-state index in [9.17, 15) is 0 Å². The Balaban J connectivity index is -0.000000501. The van der Waals surface area contributed by atoms with Crippen molar-refractivity contribution in [3.8, 4) is 0 Å². The first kappa shape index (κ1) is 42.2. The fourth-order valence-corrected chi connectivity index (χ4v) is 3.49. The first-order valence-electron chi connectivity index (χ1n) is 12.7. The van der Waals surface area contributed by atoms with Crippen LogP contribution in [0.15, 0.2) is 0 Å². The van der Waals surface area contributed by atoms with Crippen LogP contribution >= 0.6 is 0 Å². The standard InChI is InChI=1S/C24H50O.2K.H2O4S/c1-3-5-7-9-11-13-15-17-19-21-23-25-24-22-20-18-16-14-12-10-8-6-4-2;;;1-5(2,3)4/h3-24H2,1-2H3;;;(H2,1,2,3,4)/q;2*+1;/p-2. The van der Waals surface area contributed by atoms with Crippen LogP contribution < -0.4 is 103 Å². The van der Waals surface area contributed by atoms with Crippen LogP contribution in [-0.2, 0) is 15.1 Å². The molecule has 0 aromatic heterocycles. The maximum Gasteiger partial charge on any atom is 1.00 e. The van der Waals surface area contributed by atoms with Crippen molar-refractivity contribution in [1.82, 2.24) is 0 Å². The van der Waals surface area contributed by atoms with E-state index >= 15 is 0 Å². The topological polar surface area (TPSA) is 89.5 Å². The van der Waals surface area contributed by atoms with Gasteiger partial charge in [0.25, 0.3) is 0 Å². The van der Waals surface area contributed by atoms with Crippen LogP contribution in [0.5, 0.6) is 0 Å². The molecule has 8 heteroatoms. The summed E-state index contributed by atoms with van der Waals surface area (Å²) in [6.45, 7) is 6.57. The van der Waals surface area contributed by atoms with Crippen molar-refractivity contribution in [2.75, 3.05) is 13.2 Å². The summed E-state index contributed by atoms with van der Waals surface area (Å²) >= 11 is 0. The van der Waals surface area contributed by atoms with Gasteiger partial charge in [0.2, 0.25) is 0 Å². The van der Waals surface area contributed by atoms with Crippen molar-refractivity contribution in [2.24, 2.45) is 0 Å². The average Bonchev–Trinajstić information content (AvgIpc) is 2.68. The maximum atomic E-state index is 8.52. The molecule has 0 aromatic rings. The molecule has 0 saturated heterocycles. The SMILES string of the molecule is CCCCCCCCCCCCOCCCCCCCCCCCC.O=S(=O)([O-])[O-].[K+].[K+]. The molecule has 0 aromatic carbocycles. The second-order valence-corrected chi connectivity index (χ2v) is 9.20. The molecule has 0 fully saturated rings. The second-order valence-electron chi connectivity index (χ2n) is 8.38. The van der Waals surface area contributed by atoms with Gasteiger partial charge in [-0.25, -0.2) is 0 Å². The van der Waals surface area contributed by atoms with E-state index in [1.165, 1.54) is 128 Å². The van der Waals surface area contributed by atoms with E-state index in [-0.39, 0.29) is 103 Å². The minimum atomic E-state index is -5.17. The molecule has 0 bridgehead atoms. The van der Waals surface area contributed by atoms with Gasteiger partial charge in [0.15, 0.2) is 0 Å². The first-order chi connectivity index (χ1) is 14.4. The molecule has 0 amide bonds. The van der Waals surface area contributed by atoms with E-state index in [4.69, 9.17) is 22.3 Å². The third-order valence-corrected chi connectivity index (χ3v) is 5.28. The maximum absolute atomic E-state index is 8.52. The van der Waals surface area contributed by atoms with E-state index in [2.05, 4.69) is 13.8 Å². The summed E-state index contributed by atoms with van der Waals surface area (Å²) in [5, 5.41) is 0. The zero-order valence-corrected chi connectivity index (χ0v) is 29.1. The monoisotopic (exact) mass is 528 g/mol. The summed E-state index contributed by atoms with van der Waals surface area (Å²) in [6.07, 6.45) is 28.2. The quantitative estimate of drug-likeness (QED) is 0.0920. The van der Waals surface area contributed by atoms with Crippen molar-refractivity contribution in [2.45, 2.75) is 142 Å². The van der Waals surface area contributed by atoms with Crippen molar-refractivity contribution in [3.63, 3.8) is 0 Å². The Morgan fingerprint density at radius 1 is 0.469 bits per heavy atom. The van der Waals surface area contributed by atoms with E-state index in [1.807, 2.05) is 0 Å². The van der Waals surface area contributed by atoms with E-state index in [1.54, 1.807) is 0 Å². The molecule has 0 rings (SSSR count).